The zero-order chi connectivity index (χ0) is 16.1. The lowest BCUT2D eigenvalue weighted by Gasteiger charge is -2.34. The van der Waals surface area contributed by atoms with Crippen molar-refractivity contribution in [3.05, 3.63) is 24.5 Å². The first-order valence-corrected chi connectivity index (χ1v) is 9.39. The van der Waals surface area contributed by atoms with Gasteiger partial charge in [-0.05, 0) is 49.3 Å². The average molecular weight is 335 g/mol. The Morgan fingerprint density at radius 1 is 1.26 bits per heavy atom. The molecule has 0 saturated carbocycles. The number of hydrogen-bond donors (Lipinski definition) is 0. The molecule has 0 N–H and O–H groups in total. The van der Waals surface area contributed by atoms with Crippen LogP contribution in [0, 0.1) is 5.92 Å². The van der Waals surface area contributed by atoms with Gasteiger partial charge in [0.25, 0.3) is 0 Å². The van der Waals surface area contributed by atoms with Crippen molar-refractivity contribution >= 4 is 28.4 Å². The zero-order valence-corrected chi connectivity index (χ0v) is 14.2. The number of alkyl halides is 1. The number of aromatic nitrogens is 2. The number of fused-ring (bicyclic) bond motifs is 1. The molecule has 0 spiro atoms. The van der Waals surface area contributed by atoms with Crippen LogP contribution in [-0.2, 0) is 0 Å². The third-order valence-electron chi connectivity index (χ3n) is 4.48. The second kappa shape index (κ2) is 7.81. The largest absolute Gasteiger partial charge is 0.444 e. The molecule has 0 unspecified atom stereocenters. The molecule has 0 atom stereocenters. The molecule has 1 saturated heterocycles. The van der Waals surface area contributed by atoms with Crippen molar-refractivity contribution in [2.45, 2.75) is 19.3 Å². The first-order valence-electron chi connectivity index (χ1n) is 8.00. The van der Waals surface area contributed by atoms with Crippen molar-refractivity contribution in [3.8, 4) is 5.88 Å². The maximum absolute atomic E-state index is 12.5. The summed E-state index contributed by atoms with van der Waals surface area (Å²) >= 11 is 1.93. The SMILES string of the molecule is CSCCC1CCN(c2ccnc3c(OCF)nccc23)CC1. The first kappa shape index (κ1) is 16.3. The van der Waals surface area contributed by atoms with Crippen LogP contribution in [0.15, 0.2) is 24.5 Å². The molecule has 0 aliphatic carbocycles. The minimum absolute atomic E-state index is 0.265. The second-order valence-electron chi connectivity index (χ2n) is 5.81. The van der Waals surface area contributed by atoms with Crippen LogP contribution in [0.2, 0.25) is 0 Å². The van der Waals surface area contributed by atoms with Crippen LogP contribution >= 0.6 is 11.8 Å². The fourth-order valence-corrected chi connectivity index (χ4v) is 3.79. The molecular weight excluding hydrogens is 313 g/mol. The zero-order valence-electron chi connectivity index (χ0n) is 13.4. The number of piperidine rings is 1. The van der Waals surface area contributed by atoms with Crippen molar-refractivity contribution in [1.29, 1.82) is 0 Å². The van der Waals surface area contributed by atoms with Crippen molar-refractivity contribution in [3.63, 3.8) is 0 Å². The summed E-state index contributed by atoms with van der Waals surface area (Å²) < 4.78 is 17.5. The summed E-state index contributed by atoms with van der Waals surface area (Å²) in [4.78, 5) is 10.8. The van der Waals surface area contributed by atoms with E-state index >= 15 is 0 Å². The molecule has 23 heavy (non-hydrogen) atoms. The number of rotatable bonds is 6. The Kier molecular flexibility index (Phi) is 5.54. The lowest BCUT2D eigenvalue weighted by molar-refractivity contribution is 0.187. The first-order chi connectivity index (χ1) is 11.3. The summed E-state index contributed by atoms with van der Waals surface area (Å²) in [5.74, 6) is 2.35. The van der Waals surface area contributed by atoms with Crippen LogP contribution < -0.4 is 9.64 Å². The molecule has 0 amide bonds. The van der Waals surface area contributed by atoms with Gasteiger partial charge in [0.2, 0.25) is 12.7 Å². The molecule has 3 rings (SSSR count). The summed E-state index contributed by atoms with van der Waals surface area (Å²) in [5.41, 5.74) is 1.77. The maximum Gasteiger partial charge on any atom is 0.242 e. The van der Waals surface area contributed by atoms with Crippen molar-refractivity contribution < 1.29 is 9.13 Å². The molecule has 0 radical (unpaired) electrons. The summed E-state index contributed by atoms with van der Waals surface area (Å²) in [6.45, 7) is 1.22. The van der Waals surface area contributed by atoms with Gasteiger partial charge in [0.05, 0.1) is 0 Å². The second-order valence-corrected chi connectivity index (χ2v) is 6.79. The van der Waals surface area contributed by atoms with Crippen LogP contribution in [0.4, 0.5) is 10.1 Å². The van der Waals surface area contributed by atoms with E-state index in [4.69, 9.17) is 4.74 Å². The van der Waals surface area contributed by atoms with Gasteiger partial charge in [-0.25, -0.2) is 9.37 Å². The third-order valence-corrected chi connectivity index (χ3v) is 5.12. The molecule has 2 aromatic heterocycles. The van der Waals surface area contributed by atoms with E-state index in [1.165, 1.54) is 25.0 Å². The molecule has 4 nitrogen and oxygen atoms in total. The molecule has 1 aliphatic rings. The Labute approximate surface area is 140 Å². The van der Waals surface area contributed by atoms with Crippen molar-refractivity contribution in [2.75, 3.05) is 36.9 Å². The van der Waals surface area contributed by atoms with E-state index in [-0.39, 0.29) is 5.88 Å². The minimum atomic E-state index is -0.890. The highest BCUT2D eigenvalue weighted by Gasteiger charge is 2.21. The highest BCUT2D eigenvalue weighted by Crippen LogP contribution is 2.32. The van der Waals surface area contributed by atoms with E-state index in [0.29, 0.717) is 5.52 Å². The van der Waals surface area contributed by atoms with Crippen LogP contribution in [0.5, 0.6) is 5.88 Å². The van der Waals surface area contributed by atoms with Gasteiger partial charge in [-0.1, -0.05) is 0 Å². The Morgan fingerprint density at radius 3 is 2.78 bits per heavy atom. The van der Waals surface area contributed by atoms with E-state index < -0.39 is 6.86 Å². The number of pyridine rings is 2. The van der Waals surface area contributed by atoms with E-state index in [2.05, 4.69) is 21.1 Å². The molecule has 0 bridgehead atoms. The van der Waals surface area contributed by atoms with Gasteiger partial charge in [0, 0.05) is 36.6 Å². The van der Waals surface area contributed by atoms with Crippen molar-refractivity contribution in [1.82, 2.24) is 9.97 Å². The summed E-state index contributed by atoms with van der Waals surface area (Å²) in [6.07, 6.45) is 9.34. The normalized spacial score (nSPS) is 16.0. The monoisotopic (exact) mass is 335 g/mol. The summed E-state index contributed by atoms with van der Waals surface area (Å²) in [6, 6.07) is 3.96. The summed E-state index contributed by atoms with van der Waals surface area (Å²) in [7, 11) is 0. The van der Waals surface area contributed by atoms with Gasteiger partial charge in [-0.3, -0.25) is 4.98 Å². The number of thioether (sulfide) groups is 1. The number of ether oxygens (including phenoxy) is 1. The number of hydrogen-bond acceptors (Lipinski definition) is 5. The molecule has 124 valence electrons. The Hall–Kier alpha value is -1.56. The Morgan fingerprint density at radius 2 is 2.04 bits per heavy atom. The highest BCUT2D eigenvalue weighted by atomic mass is 32.2. The predicted molar refractivity (Wildman–Crippen MR) is 94.1 cm³/mol. The van der Waals surface area contributed by atoms with Gasteiger partial charge in [-0.2, -0.15) is 11.8 Å². The number of halogens is 1. The fourth-order valence-electron chi connectivity index (χ4n) is 3.22. The van der Waals surface area contributed by atoms with Gasteiger partial charge in [0.1, 0.15) is 5.52 Å². The van der Waals surface area contributed by atoms with Crippen LogP contribution in [0.25, 0.3) is 10.9 Å². The number of nitrogens with zero attached hydrogens (tertiary/aromatic N) is 3. The van der Waals surface area contributed by atoms with E-state index in [0.717, 1.165) is 30.1 Å². The average Bonchev–Trinajstić information content (AvgIpc) is 2.60. The highest BCUT2D eigenvalue weighted by molar-refractivity contribution is 7.98. The van der Waals surface area contributed by atoms with Gasteiger partial charge >= 0.3 is 0 Å². The standard InChI is InChI=1S/C17H22FN3OS/c1-23-11-6-13-4-9-21(10-5-13)15-3-8-19-16-14(15)2-7-20-17(16)22-12-18/h2-3,7-8,13H,4-6,9-12H2,1H3. The van der Waals surface area contributed by atoms with Crippen LogP contribution in [-0.4, -0.2) is 41.9 Å². The Bertz CT molecular complexity index is 647. The molecule has 1 fully saturated rings. The fraction of sp³-hybridized carbons (Fsp3) is 0.529. The van der Waals surface area contributed by atoms with Gasteiger partial charge in [0.15, 0.2) is 0 Å². The predicted octanol–water partition coefficient (Wildman–Crippen LogP) is 3.91. The lowest BCUT2D eigenvalue weighted by atomic mass is 9.94. The molecule has 0 aromatic carbocycles. The lowest BCUT2D eigenvalue weighted by Crippen LogP contribution is -2.34. The van der Waals surface area contributed by atoms with Crippen LogP contribution in [0.1, 0.15) is 19.3 Å². The smallest absolute Gasteiger partial charge is 0.242 e. The van der Waals surface area contributed by atoms with E-state index in [1.54, 1.807) is 12.4 Å². The molecule has 1 aliphatic heterocycles. The van der Waals surface area contributed by atoms with Gasteiger partial charge < -0.3 is 9.64 Å². The number of anilines is 1. The molecular formula is C17H22FN3OS. The quantitative estimate of drug-likeness (QED) is 0.800. The van der Waals surface area contributed by atoms with E-state index in [1.807, 2.05) is 23.9 Å². The maximum atomic E-state index is 12.5. The van der Waals surface area contributed by atoms with E-state index in [9.17, 15) is 4.39 Å². The molecule has 6 heteroatoms. The minimum Gasteiger partial charge on any atom is -0.444 e. The molecule has 3 heterocycles. The Balaban J connectivity index is 1.80. The van der Waals surface area contributed by atoms with Crippen molar-refractivity contribution in [2.24, 2.45) is 5.92 Å². The van der Waals surface area contributed by atoms with Crippen LogP contribution in [0.3, 0.4) is 0 Å². The molecule has 2 aromatic rings. The van der Waals surface area contributed by atoms with Gasteiger partial charge in [-0.15, -0.1) is 0 Å². The summed E-state index contributed by atoms with van der Waals surface area (Å²) in [5, 5.41) is 0.980. The third kappa shape index (κ3) is 3.68. The topological polar surface area (TPSA) is 38.2 Å².